The molecular formula is C23H25FN3O3PS2. The lowest BCUT2D eigenvalue weighted by molar-refractivity contribution is 0.0956. The summed E-state index contributed by atoms with van der Waals surface area (Å²) >= 11 is 0. The van der Waals surface area contributed by atoms with Gasteiger partial charge in [-0.05, 0) is 42.2 Å². The molecule has 3 aromatic rings. The standard InChI is InChI=1S/C23H25FN3O3PS2/c1-13(32-33-31)12-30-23(29)27(2)11-14-3-5-15(6-4-14)21-17-7-8-25-22(28)18-9-16(24)10-19(26-21)20(17)18/h3-6,9-10,13,26H,7-8,11-12,31H2,1-2H3,(H,25,28)/t13-/m1/s1. The van der Waals surface area contributed by atoms with Gasteiger partial charge in [-0.1, -0.05) is 53.9 Å². The van der Waals surface area contributed by atoms with Crippen LogP contribution in [-0.2, 0) is 17.7 Å². The summed E-state index contributed by atoms with van der Waals surface area (Å²) < 4.78 is 19.5. The van der Waals surface area contributed by atoms with Crippen molar-refractivity contribution in [3.8, 4) is 11.3 Å². The van der Waals surface area contributed by atoms with E-state index in [4.69, 9.17) is 4.74 Å². The minimum Gasteiger partial charge on any atom is -0.448 e. The highest BCUT2D eigenvalue weighted by molar-refractivity contribution is 8.94. The van der Waals surface area contributed by atoms with Gasteiger partial charge in [-0.3, -0.25) is 4.79 Å². The van der Waals surface area contributed by atoms with Gasteiger partial charge in [0.05, 0.1) is 5.56 Å². The topological polar surface area (TPSA) is 74.4 Å². The van der Waals surface area contributed by atoms with Crippen LogP contribution in [-0.4, -0.2) is 47.3 Å². The maximum Gasteiger partial charge on any atom is 0.409 e. The molecule has 2 N–H and O–H groups in total. The maximum absolute atomic E-state index is 14.1. The molecule has 2 aromatic carbocycles. The second-order valence-corrected chi connectivity index (χ2v) is 12.1. The average Bonchev–Trinajstić information content (AvgIpc) is 3.06. The molecule has 2 heterocycles. The highest BCUT2D eigenvalue weighted by Gasteiger charge is 2.23. The fourth-order valence-corrected chi connectivity index (χ4v) is 6.73. The molecule has 174 valence electrons. The molecule has 0 bridgehead atoms. The van der Waals surface area contributed by atoms with Crippen LogP contribution in [0.3, 0.4) is 0 Å². The summed E-state index contributed by atoms with van der Waals surface area (Å²) in [5, 5.41) is 3.83. The fourth-order valence-electron chi connectivity index (χ4n) is 3.97. The summed E-state index contributed by atoms with van der Waals surface area (Å²) in [5.74, 6) is -0.700. The highest BCUT2D eigenvalue weighted by Crippen LogP contribution is 2.35. The van der Waals surface area contributed by atoms with Crippen LogP contribution in [0, 0.1) is 5.82 Å². The second kappa shape index (κ2) is 10.4. The Bertz CT molecular complexity index is 1190. The fraction of sp³-hybridized carbons (Fsp3) is 0.304. The van der Waals surface area contributed by atoms with Gasteiger partial charge in [0, 0.05) is 42.0 Å². The van der Waals surface area contributed by atoms with Gasteiger partial charge >= 0.3 is 6.09 Å². The van der Waals surface area contributed by atoms with E-state index in [1.54, 1.807) is 33.2 Å². The number of H-pyrrole nitrogens is 1. The van der Waals surface area contributed by atoms with E-state index in [2.05, 4.69) is 18.7 Å². The molecule has 1 aliphatic rings. The predicted molar refractivity (Wildman–Crippen MR) is 137 cm³/mol. The number of hydrogen-bond donors (Lipinski definition) is 2. The van der Waals surface area contributed by atoms with E-state index in [-0.39, 0.29) is 17.3 Å². The number of carbonyl (C=O) groups is 2. The van der Waals surface area contributed by atoms with Gasteiger partial charge in [-0.25, -0.2) is 9.18 Å². The summed E-state index contributed by atoms with van der Waals surface area (Å²) in [6.45, 7) is 3.28. The normalized spacial score (nSPS) is 14.0. The van der Waals surface area contributed by atoms with Crippen molar-refractivity contribution in [2.45, 2.75) is 25.1 Å². The van der Waals surface area contributed by atoms with Crippen molar-refractivity contribution >= 4 is 52.6 Å². The van der Waals surface area contributed by atoms with Gasteiger partial charge in [-0.15, -0.1) is 0 Å². The van der Waals surface area contributed by atoms with E-state index in [1.807, 2.05) is 31.2 Å². The number of aromatic nitrogens is 1. The number of amides is 2. The summed E-state index contributed by atoms with van der Waals surface area (Å²) in [6, 6.07) is 10.6. The van der Waals surface area contributed by atoms with Crippen molar-refractivity contribution in [3.63, 3.8) is 0 Å². The first kappa shape index (κ1) is 23.9. The van der Waals surface area contributed by atoms with Crippen molar-refractivity contribution in [2.75, 3.05) is 20.2 Å². The number of benzene rings is 2. The molecule has 1 unspecified atom stereocenters. The lowest BCUT2D eigenvalue weighted by Crippen LogP contribution is -2.28. The molecule has 0 saturated carbocycles. The van der Waals surface area contributed by atoms with E-state index in [1.165, 1.54) is 12.1 Å². The second-order valence-electron chi connectivity index (χ2n) is 7.99. The van der Waals surface area contributed by atoms with Crippen molar-refractivity contribution in [1.82, 2.24) is 15.2 Å². The van der Waals surface area contributed by atoms with Crippen LogP contribution >= 0.6 is 29.6 Å². The molecule has 2 atom stereocenters. The largest absolute Gasteiger partial charge is 0.448 e. The number of hydrogen-bond acceptors (Lipinski definition) is 5. The molecule has 1 aromatic heterocycles. The Kier molecular flexibility index (Phi) is 7.51. The third-order valence-corrected chi connectivity index (χ3v) is 8.40. The number of halogens is 1. The van der Waals surface area contributed by atoms with Crippen molar-refractivity contribution in [1.29, 1.82) is 0 Å². The Morgan fingerprint density at radius 2 is 2.06 bits per heavy atom. The van der Waals surface area contributed by atoms with Crippen molar-refractivity contribution in [2.24, 2.45) is 0 Å². The van der Waals surface area contributed by atoms with Crippen LogP contribution in [0.15, 0.2) is 36.4 Å². The smallest absolute Gasteiger partial charge is 0.409 e. The van der Waals surface area contributed by atoms with Gasteiger partial charge in [0.1, 0.15) is 12.4 Å². The van der Waals surface area contributed by atoms with Gasteiger partial charge in [0.15, 0.2) is 0 Å². The van der Waals surface area contributed by atoms with Gasteiger partial charge in [0.2, 0.25) is 0 Å². The Balaban J connectivity index is 1.52. The van der Waals surface area contributed by atoms with Crippen molar-refractivity contribution in [3.05, 3.63) is 58.9 Å². The molecule has 0 saturated heterocycles. The first-order chi connectivity index (χ1) is 15.9. The molecule has 0 spiro atoms. The monoisotopic (exact) mass is 505 g/mol. The lowest BCUT2D eigenvalue weighted by Gasteiger charge is -2.18. The van der Waals surface area contributed by atoms with Gasteiger partial charge in [0.25, 0.3) is 5.91 Å². The molecule has 6 nitrogen and oxygen atoms in total. The zero-order valence-electron chi connectivity index (χ0n) is 18.3. The number of rotatable bonds is 7. The number of aromatic amines is 1. The number of carbonyl (C=O) groups excluding carboxylic acids is 2. The van der Waals surface area contributed by atoms with E-state index >= 15 is 0 Å². The van der Waals surface area contributed by atoms with Crippen LogP contribution < -0.4 is 5.32 Å². The molecule has 0 fully saturated rings. The number of nitrogens with one attached hydrogen (secondary N) is 2. The van der Waals surface area contributed by atoms with Crippen LogP contribution in [0.4, 0.5) is 9.18 Å². The molecule has 0 aliphatic carbocycles. The quantitative estimate of drug-likeness (QED) is 0.333. The minimum absolute atomic E-state index is 0.213. The van der Waals surface area contributed by atoms with Gasteiger partial charge in [-0.2, -0.15) is 0 Å². The lowest BCUT2D eigenvalue weighted by atomic mass is 9.99. The third-order valence-electron chi connectivity index (χ3n) is 5.51. The molecule has 0 radical (unpaired) electrons. The van der Waals surface area contributed by atoms with E-state index in [0.29, 0.717) is 37.2 Å². The van der Waals surface area contributed by atoms with Crippen LogP contribution in [0.1, 0.15) is 28.4 Å². The van der Waals surface area contributed by atoms with E-state index in [0.717, 1.165) is 27.8 Å². The SMILES string of the molecule is C[C@H](COC(=O)N(C)Cc1ccc(-c2[nH]c3cc(F)cc4c3c2CCNC4=O)cc1)SSP. The Morgan fingerprint density at radius 3 is 2.79 bits per heavy atom. The van der Waals surface area contributed by atoms with E-state index in [9.17, 15) is 14.0 Å². The third kappa shape index (κ3) is 5.31. The minimum atomic E-state index is -0.445. The van der Waals surface area contributed by atoms with Gasteiger partial charge < -0.3 is 19.9 Å². The Morgan fingerprint density at radius 1 is 1.30 bits per heavy atom. The van der Waals surface area contributed by atoms with Crippen LogP contribution in [0.2, 0.25) is 0 Å². The Labute approximate surface area is 201 Å². The first-order valence-electron chi connectivity index (χ1n) is 10.5. The number of ether oxygens (including phenoxy) is 1. The molecular weight excluding hydrogens is 480 g/mol. The Hall–Kier alpha value is -2.22. The molecule has 2 amide bonds. The number of nitrogens with zero attached hydrogens (tertiary/aromatic N) is 1. The zero-order valence-corrected chi connectivity index (χ0v) is 21.1. The van der Waals surface area contributed by atoms with Crippen LogP contribution in [0.5, 0.6) is 0 Å². The van der Waals surface area contributed by atoms with E-state index < -0.39 is 5.82 Å². The van der Waals surface area contributed by atoms with Crippen LogP contribution in [0.25, 0.3) is 22.2 Å². The molecule has 1 aliphatic heterocycles. The predicted octanol–water partition coefficient (Wildman–Crippen LogP) is 5.39. The van der Waals surface area contributed by atoms with Crippen molar-refractivity contribution < 1.29 is 18.7 Å². The summed E-state index contributed by atoms with van der Waals surface area (Å²) in [5.41, 5.74) is 4.77. The maximum atomic E-state index is 14.1. The summed E-state index contributed by atoms with van der Waals surface area (Å²) in [6.07, 6.45) is 0.297. The molecule has 10 heteroatoms. The zero-order chi connectivity index (χ0) is 23.5. The summed E-state index contributed by atoms with van der Waals surface area (Å²) in [7, 11) is 7.49. The average molecular weight is 506 g/mol. The summed E-state index contributed by atoms with van der Waals surface area (Å²) in [4.78, 5) is 29.5. The molecule has 4 rings (SSSR count). The molecule has 33 heavy (non-hydrogen) atoms. The highest BCUT2D eigenvalue weighted by atomic mass is 33.3. The first-order valence-corrected chi connectivity index (χ1v) is 14.2.